The molecule has 0 aliphatic carbocycles. The number of nitrogens with zero attached hydrogens (tertiary/aromatic N) is 1. The molecule has 5 nitrogen and oxygen atoms in total. The zero-order chi connectivity index (χ0) is 20.7. The lowest BCUT2D eigenvalue weighted by Crippen LogP contribution is -2.54. The zero-order valence-corrected chi connectivity index (χ0v) is 20.4. The maximum absolute atomic E-state index is 14.6. The van der Waals surface area contributed by atoms with Crippen LogP contribution in [0.25, 0.3) is 0 Å². The van der Waals surface area contributed by atoms with E-state index in [1.165, 1.54) is 5.06 Å². The number of halogens is 1. The number of carbonyl (C=O) groups is 1. The number of rotatable bonds is 6. The maximum Gasteiger partial charge on any atom is 0.343 e. The van der Waals surface area contributed by atoms with Gasteiger partial charge in [-0.15, -0.1) is 0 Å². The molecule has 0 saturated carbocycles. The van der Waals surface area contributed by atoms with Crippen LogP contribution in [0.1, 0.15) is 41.5 Å². The molecule has 0 unspecified atom stereocenters. The number of likely N-dealkylation sites (N-methyl/N-ethyl adjacent to an activating group) is 1. The van der Waals surface area contributed by atoms with Crippen molar-refractivity contribution in [2.45, 2.75) is 96.1 Å². The van der Waals surface area contributed by atoms with Crippen molar-refractivity contribution >= 4 is 22.6 Å². The summed E-state index contributed by atoms with van der Waals surface area (Å²) in [4.78, 5) is 11.9. The summed E-state index contributed by atoms with van der Waals surface area (Å²) in [5, 5.41) is 1.51. The highest BCUT2D eigenvalue weighted by atomic mass is 28.4. The Morgan fingerprint density at radius 2 is 1.50 bits per heavy atom. The Hall–Kier alpha value is -0.286. The second-order valence-electron chi connectivity index (χ2n) is 10.3. The summed E-state index contributed by atoms with van der Waals surface area (Å²) in [6.07, 6.45) is -2.39. The number of hydrogen-bond donors (Lipinski definition) is 0. The Kier molecular flexibility index (Phi) is 6.96. The fourth-order valence-corrected chi connectivity index (χ4v) is 4.36. The van der Waals surface area contributed by atoms with Crippen LogP contribution in [-0.4, -0.2) is 59.6 Å². The van der Waals surface area contributed by atoms with Gasteiger partial charge < -0.3 is 13.7 Å². The van der Waals surface area contributed by atoms with E-state index in [2.05, 4.69) is 67.7 Å². The van der Waals surface area contributed by atoms with Crippen LogP contribution in [0.4, 0.5) is 4.39 Å². The van der Waals surface area contributed by atoms with Gasteiger partial charge in [-0.25, -0.2) is 9.18 Å². The molecule has 0 amide bonds. The fourth-order valence-electron chi connectivity index (χ4n) is 2.23. The SMILES string of the molecule is CN(O[Si](C)(C)C(C)(C)C)[C@H]1[C@H](F)C(=O)O[C@@H]1CO[Si](C)(C)C(C)(C)C. The molecule has 0 aromatic carbocycles. The number of carbonyl (C=O) groups excluding carboxylic acids is 1. The summed E-state index contributed by atoms with van der Waals surface area (Å²) < 4.78 is 32.2. The molecule has 154 valence electrons. The van der Waals surface area contributed by atoms with Crippen LogP contribution < -0.4 is 0 Å². The van der Waals surface area contributed by atoms with E-state index in [9.17, 15) is 9.18 Å². The third-order valence-electron chi connectivity index (χ3n) is 6.19. The van der Waals surface area contributed by atoms with Gasteiger partial charge in [0.25, 0.3) is 0 Å². The van der Waals surface area contributed by atoms with Gasteiger partial charge in [0.05, 0.1) is 6.61 Å². The van der Waals surface area contributed by atoms with Gasteiger partial charge in [0.2, 0.25) is 14.5 Å². The van der Waals surface area contributed by atoms with Crippen molar-refractivity contribution < 1.29 is 22.9 Å². The van der Waals surface area contributed by atoms with Crippen LogP contribution in [0, 0.1) is 0 Å². The first-order chi connectivity index (χ1) is 11.4. The standard InChI is InChI=1S/C18H38FNO4Si2/c1-17(2,3)25(8,9)22-12-13-15(14(19)16(21)23-13)20(7)24-26(10,11)18(4,5)6/h13-15H,12H2,1-11H3/t13-,14+,15-/m1/s1. The molecule has 1 saturated heterocycles. The Morgan fingerprint density at radius 3 is 1.92 bits per heavy atom. The smallest absolute Gasteiger partial charge is 0.343 e. The minimum absolute atomic E-state index is 0.0241. The number of alkyl halides is 1. The van der Waals surface area contributed by atoms with E-state index in [0.29, 0.717) is 0 Å². The van der Waals surface area contributed by atoms with Crippen molar-refractivity contribution in [1.82, 2.24) is 5.06 Å². The minimum Gasteiger partial charge on any atom is -0.456 e. The normalized spacial score (nSPS) is 25.7. The van der Waals surface area contributed by atoms with E-state index in [1.54, 1.807) is 7.05 Å². The van der Waals surface area contributed by atoms with Crippen LogP contribution in [0.15, 0.2) is 0 Å². The van der Waals surface area contributed by atoms with Crippen LogP contribution in [0.2, 0.25) is 36.3 Å². The molecule has 0 radical (unpaired) electrons. The predicted molar refractivity (Wildman–Crippen MR) is 108 cm³/mol. The van der Waals surface area contributed by atoms with E-state index in [4.69, 9.17) is 13.7 Å². The summed E-state index contributed by atoms with van der Waals surface area (Å²) in [6.45, 7) is 21.4. The number of cyclic esters (lactones) is 1. The topological polar surface area (TPSA) is 48.0 Å². The van der Waals surface area contributed by atoms with Crippen molar-refractivity contribution in [2.75, 3.05) is 13.7 Å². The van der Waals surface area contributed by atoms with Crippen molar-refractivity contribution in [2.24, 2.45) is 0 Å². The summed E-state index contributed by atoms with van der Waals surface area (Å²) in [5.41, 5.74) is 0. The first-order valence-corrected chi connectivity index (χ1v) is 15.1. The molecule has 3 atom stereocenters. The monoisotopic (exact) mass is 407 g/mol. The first-order valence-electron chi connectivity index (χ1n) is 9.31. The van der Waals surface area contributed by atoms with Gasteiger partial charge in [0.1, 0.15) is 12.1 Å². The molecule has 0 spiro atoms. The van der Waals surface area contributed by atoms with Crippen LogP contribution in [0.3, 0.4) is 0 Å². The number of hydrogen-bond acceptors (Lipinski definition) is 5. The van der Waals surface area contributed by atoms with Gasteiger partial charge in [-0.1, -0.05) is 41.5 Å². The van der Waals surface area contributed by atoms with Crippen LogP contribution in [0.5, 0.6) is 0 Å². The van der Waals surface area contributed by atoms with Gasteiger partial charge in [-0.3, -0.25) is 0 Å². The summed E-state index contributed by atoms with van der Waals surface area (Å²) in [6, 6.07) is -0.790. The lowest BCUT2D eigenvalue weighted by atomic mass is 10.1. The van der Waals surface area contributed by atoms with Gasteiger partial charge in [-0.2, -0.15) is 5.06 Å². The van der Waals surface area contributed by atoms with Gasteiger partial charge in [-0.05, 0) is 36.3 Å². The molecule has 0 N–H and O–H groups in total. The molecule has 8 heteroatoms. The third kappa shape index (κ3) is 5.16. The molecule has 1 heterocycles. The van der Waals surface area contributed by atoms with Crippen molar-refractivity contribution in [3.63, 3.8) is 0 Å². The number of ether oxygens (including phenoxy) is 1. The fraction of sp³-hybridized carbons (Fsp3) is 0.944. The number of hydroxylamine groups is 2. The van der Waals surface area contributed by atoms with E-state index >= 15 is 0 Å². The third-order valence-corrected chi connectivity index (χ3v) is 15.0. The molecular weight excluding hydrogens is 369 g/mol. The summed E-state index contributed by atoms with van der Waals surface area (Å²) in [5.74, 6) is -0.829. The molecule has 1 aliphatic heterocycles. The van der Waals surface area contributed by atoms with E-state index in [-0.39, 0.29) is 16.7 Å². The largest absolute Gasteiger partial charge is 0.456 e. The molecule has 1 aliphatic rings. The van der Waals surface area contributed by atoms with Crippen molar-refractivity contribution in [1.29, 1.82) is 0 Å². The second kappa shape index (κ2) is 7.62. The van der Waals surface area contributed by atoms with Gasteiger partial charge in [0, 0.05) is 7.05 Å². The molecule has 0 aromatic heterocycles. The Labute approximate surface area is 160 Å². The predicted octanol–water partition coefficient (Wildman–Crippen LogP) is 4.51. The first kappa shape index (κ1) is 23.8. The molecule has 0 bridgehead atoms. The molecule has 0 aromatic rings. The Balaban J connectivity index is 2.91. The van der Waals surface area contributed by atoms with E-state index < -0.39 is 40.9 Å². The summed E-state index contributed by atoms with van der Waals surface area (Å²) in [7, 11) is -2.47. The highest BCUT2D eigenvalue weighted by Gasteiger charge is 2.51. The minimum atomic E-state index is -2.15. The number of esters is 1. The quantitative estimate of drug-likeness (QED) is 0.368. The Bertz CT molecular complexity index is 514. The second-order valence-corrected chi connectivity index (χ2v) is 19.8. The van der Waals surface area contributed by atoms with E-state index in [1.807, 2.05) is 0 Å². The highest BCUT2D eigenvalue weighted by Crippen LogP contribution is 2.39. The van der Waals surface area contributed by atoms with E-state index in [0.717, 1.165) is 0 Å². The highest BCUT2D eigenvalue weighted by molar-refractivity contribution is 6.74. The zero-order valence-electron chi connectivity index (χ0n) is 18.4. The molecular formula is C18H38FNO4Si2. The lowest BCUT2D eigenvalue weighted by molar-refractivity contribution is -0.146. The maximum atomic E-state index is 14.6. The molecule has 1 fully saturated rings. The summed E-state index contributed by atoms with van der Waals surface area (Å²) >= 11 is 0. The average molecular weight is 408 g/mol. The van der Waals surface area contributed by atoms with Gasteiger partial charge >= 0.3 is 5.97 Å². The van der Waals surface area contributed by atoms with Crippen molar-refractivity contribution in [3.05, 3.63) is 0 Å². The average Bonchev–Trinajstić information content (AvgIpc) is 2.69. The molecule has 26 heavy (non-hydrogen) atoms. The van der Waals surface area contributed by atoms with Crippen LogP contribution >= 0.6 is 0 Å². The van der Waals surface area contributed by atoms with Crippen LogP contribution in [-0.2, 0) is 18.5 Å². The lowest BCUT2D eigenvalue weighted by Gasteiger charge is -2.41. The molecule has 1 rings (SSSR count). The van der Waals surface area contributed by atoms with Gasteiger partial charge in [0.15, 0.2) is 8.32 Å². The Morgan fingerprint density at radius 1 is 1.04 bits per heavy atom. The van der Waals surface area contributed by atoms with Crippen molar-refractivity contribution in [3.8, 4) is 0 Å².